The molecular weight excluding hydrogens is 432 g/mol. The molecule has 1 N–H and O–H groups in total. The lowest BCUT2D eigenvalue weighted by Gasteiger charge is -2.39. The molecule has 3 amide bonds. The van der Waals surface area contributed by atoms with Gasteiger partial charge in [0.05, 0.1) is 18.4 Å². The molecule has 3 rings (SSSR count). The minimum atomic E-state index is -3.52. The van der Waals surface area contributed by atoms with Crippen LogP contribution in [0.15, 0.2) is 12.1 Å². The van der Waals surface area contributed by atoms with Crippen molar-refractivity contribution in [2.75, 3.05) is 13.1 Å². The van der Waals surface area contributed by atoms with Crippen molar-refractivity contribution in [1.82, 2.24) is 10.2 Å². The van der Waals surface area contributed by atoms with Crippen LogP contribution in [0.25, 0.3) is 0 Å². The average Bonchev–Trinajstić information content (AvgIpc) is 2.64. The number of halogens is 4. The molecule has 2 unspecified atom stereocenters. The first-order valence-electron chi connectivity index (χ1n) is 10.4. The van der Waals surface area contributed by atoms with Gasteiger partial charge in [-0.3, -0.25) is 14.9 Å². The second-order valence-corrected chi connectivity index (χ2v) is 9.44. The Morgan fingerprint density at radius 1 is 1.12 bits per heavy atom. The predicted octanol–water partition coefficient (Wildman–Crippen LogP) is 4.09. The molecule has 0 aromatic heterocycles. The summed E-state index contributed by atoms with van der Waals surface area (Å²) in [7, 11) is 0. The van der Waals surface area contributed by atoms with Crippen molar-refractivity contribution in [1.29, 1.82) is 0 Å². The second-order valence-electron chi connectivity index (χ2n) is 9.44. The highest BCUT2D eigenvalue weighted by molar-refractivity contribution is 6.01. The lowest BCUT2D eigenvalue weighted by molar-refractivity contribution is -0.137. The third-order valence-corrected chi connectivity index (χ3v) is 5.72. The van der Waals surface area contributed by atoms with E-state index in [0.29, 0.717) is 6.07 Å². The third-order valence-electron chi connectivity index (χ3n) is 5.72. The van der Waals surface area contributed by atoms with Gasteiger partial charge in [0.15, 0.2) is 0 Å². The van der Waals surface area contributed by atoms with Crippen LogP contribution in [-0.2, 0) is 14.3 Å². The SMILES string of the molecule is C[C@H]1CC(c2cc(F)c(C3CCN(C(=O)OC(C)(C)C)CC3(F)F)cc2F)C(=O)NC1=O. The summed E-state index contributed by atoms with van der Waals surface area (Å²) in [5, 5.41) is 2.11. The molecule has 0 radical (unpaired) electrons. The molecule has 2 saturated heterocycles. The number of imide groups is 1. The van der Waals surface area contributed by atoms with Crippen LogP contribution in [0.3, 0.4) is 0 Å². The van der Waals surface area contributed by atoms with Crippen LogP contribution in [0.1, 0.15) is 63.5 Å². The molecule has 2 fully saturated rings. The summed E-state index contributed by atoms with van der Waals surface area (Å²) in [6, 6.07) is 1.45. The molecule has 0 spiro atoms. The molecular formula is C22H26F4N2O4. The lowest BCUT2D eigenvalue weighted by Crippen LogP contribution is -2.51. The van der Waals surface area contributed by atoms with E-state index in [2.05, 4.69) is 5.32 Å². The van der Waals surface area contributed by atoms with E-state index in [4.69, 9.17) is 4.74 Å². The van der Waals surface area contributed by atoms with Crippen molar-refractivity contribution in [3.05, 3.63) is 34.9 Å². The number of nitrogens with one attached hydrogen (secondary N) is 1. The molecule has 2 aliphatic heterocycles. The Hall–Kier alpha value is -2.65. The summed E-state index contributed by atoms with van der Waals surface area (Å²) < 4.78 is 64.6. The predicted molar refractivity (Wildman–Crippen MR) is 106 cm³/mol. The van der Waals surface area contributed by atoms with Crippen molar-refractivity contribution < 1.29 is 36.7 Å². The van der Waals surface area contributed by atoms with Crippen molar-refractivity contribution >= 4 is 17.9 Å². The zero-order chi connectivity index (χ0) is 24.0. The van der Waals surface area contributed by atoms with Gasteiger partial charge in [-0.2, -0.15) is 0 Å². The number of piperidine rings is 2. The average molecular weight is 458 g/mol. The number of likely N-dealkylation sites (tertiary alicyclic amines) is 1. The van der Waals surface area contributed by atoms with E-state index in [0.717, 1.165) is 11.0 Å². The highest BCUT2D eigenvalue weighted by Crippen LogP contribution is 2.43. The molecule has 6 nitrogen and oxygen atoms in total. The summed E-state index contributed by atoms with van der Waals surface area (Å²) >= 11 is 0. The summed E-state index contributed by atoms with van der Waals surface area (Å²) in [6.07, 6.45) is -1.20. The number of benzene rings is 1. The maximum Gasteiger partial charge on any atom is 0.410 e. The van der Waals surface area contributed by atoms with Crippen molar-refractivity contribution in [2.24, 2.45) is 5.92 Å². The van der Waals surface area contributed by atoms with E-state index in [-0.39, 0.29) is 24.9 Å². The van der Waals surface area contributed by atoms with Gasteiger partial charge < -0.3 is 9.64 Å². The smallest absolute Gasteiger partial charge is 0.410 e. The van der Waals surface area contributed by atoms with E-state index in [9.17, 15) is 31.9 Å². The maximum atomic E-state index is 14.9. The van der Waals surface area contributed by atoms with Gasteiger partial charge in [0.1, 0.15) is 17.2 Å². The quantitative estimate of drug-likeness (QED) is 0.535. The van der Waals surface area contributed by atoms with Gasteiger partial charge in [0, 0.05) is 18.0 Å². The van der Waals surface area contributed by atoms with E-state index >= 15 is 0 Å². The molecule has 3 atom stereocenters. The maximum absolute atomic E-state index is 14.9. The van der Waals surface area contributed by atoms with Gasteiger partial charge in [-0.15, -0.1) is 0 Å². The number of rotatable bonds is 2. The Morgan fingerprint density at radius 3 is 2.31 bits per heavy atom. The number of alkyl halides is 2. The van der Waals surface area contributed by atoms with Gasteiger partial charge >= 0.3 is 6.09 Å². The highest BCUT2D eigenvalue weighted by atomic mass is 19.3. The number of hydrogen-bond donors (Lipinski definition) is 1. The summed E-state index contributed by atoms with van der Waals surface area (Å²) in [5.41, 5.74) is -1.65. The first-order valence-corrected chi connectivity index (χ1v) is 10.4. The zero-order valence-corrected chi connectivity index (χ0v) is 18.3. The Kier molecular flexibility index (Phi) is 6.27. The Morgan fingerprint density at radius 2 is 1.72 bits per heavy atom. The van der Waals surface area contributed by atoms with E-state index < -0.39 is 70.9 Å². The van der Waals surface area contributed by atoms with E-state index in [1.165, 1.54) is 0 Å². The molecule has 1 aromatic rings. The van der Waals surface area contributed by atoms with Crippen LogP contribution in [-0.4, -0.2) is 47.4 Å². The molecule has 0 aliphatic carbocycles. The van der Waals surface area contributed by atoms with Crippen molar-refractivity contribution in [3.8, 4) is 0 Å². The molecule has 2 heterocycles. The molecule has 32 heavy (non-hydrogen) atoms. The van der Waals surface area contributed by atoms with E-state index in [1.54, 1.807) is 27.7 Å². The highest BCUT2D eigenvalue weighted by Gasteiger charge is 2.48. The van der Waals surface area contributed by atoms with Crippen LogP contribution >= 0.6 is 0 Å². The number of amides is 3. The van der Waals surface area contributed by atoms with Gasteiger partial charge in [0.25, 0.3) is 5.92 Å². The first-order chi connectivity index (χ1) is 14.7. The van der Waals surface area contributed by atoms with Crippen LogP contribution in [0.4, 0.5) is 22.4 Å². The van der Waals surface area contributed by atoms with Crippen molar-refractivity contribution in [3.63, 3.8) is 0 Å². The number of ether oxygens (including phenoxy) is 1. The largest absolute Gasteiger partial charge is 0.444 e. The standard InChI is InChI=1S/C22H26F4N2O4/c1-11-7-13(19(30)27-18(11)29)12-8-17(24)14(9-16(12)23)15-5-6-28(10-22(15,25)26)20(31)32-21(2,3)4/h8-9,11,13,15H,5-7,10H2,1-4H3,(H,27,29,30)/t11-,13?,15?/m0/s1. The van der Waals surface area contributed by atoms with Crippen LogP contribution in [0.5, 0.6) is 0 Å². The minimum Gasteiger partial charge on any atom is -0.444 e. The Labute approximate surface area is 183 Å². The molecule has 0 bridgehead atoms. The minimum absolute atomic E-state index is 0.00912. The zero-order valence-electron chi connectivity index (χ0n) is 18.3. The Balaban J connectivity index is 1.83. The number of nitrogens with zero attached hydrogens (tertiary/aromatic N) is 1. The van der Waals surface area contributed by atoms with Crippen LogP contribution < -0.4 is 5.32 Å². The fourth-order valence-corrected chi connectivity index (χ4v) is 4.08. The van der Waals surface area contributed by atoms with Gasteiger partial charge in [-0.25, -0.2) is 22.4 Å². The monoisotopic (exact) mass is 458 g/mol. The fourth-order valence-electron chi connectivity index (χ4n) is 4.08. The fraction of sp³-hybridized carbons (Fsp3) is 0.591. The summed E-state index contributed by atoms with van der Waals surface area (Å²) in [6.45, 7) is 5.29. The molecule has 0 saturated carbocycles. The molecule has 176 valence electrons. The molecule has 1 aromatic carbocycles. The van der Waals surface area contributed by atoms with Crippen molar-refractivity contribution in [2.45, 2.75) is 63.9 Å². The second kappa shape index (κ2) is 8.37. The van der Waals surface area contributed by atoms with Crippen LogP contribution in [0, 0.1) is 17.6 Å². The Bertz CT molecular complexity index is 945. The third kappa shape index (κ3) is 4.88. The van der Waals surface area contributed by atoms with Gasteiger partial charge in [-0.1, -0.05) is 6.92 Å². The summed E-state index contributed by atoms with van der Waals surface area (Å²) in [4.78, 5) is 36.7. The first kappa shape index (κ1) is 24.0. The van der Waals surface area contributed by atoms with Gasteiger partial charge in [-0.05, 0) is 51.3 Å². The summed E-state index contributed by atoms with van der Waals surface area (Å²) in [5.74, 6) is -10.2. The lowest BCUT2D eigenvalue weighted by atomic mass is 9.81. The van der Waals surface area contributed by atoms with Gasteiger partial charge in [0.2, 0.25) is 11.8 Å². The molecule has 10 heteroatoms. The van der Waals surface area contributed by atoms with Crippen LogP contribution in [0.2, 0.25) is 0 Å². The number of carbonyl (C=O) groups excluding carboxylic acids is 3. The van der Waals surface area contributed by atoms with E-state index in [1.807, 2.05) is 0 Å². The number of carbonyl (C=O) groups is 3. The normalized spacial score (nSPS) is 26.0. The number of hydrogen-bond acceptors (Lipinski definition) is 4. The molecule has 2 aliphatic rings. The topological polar surface area (TPSA) is 75.7 Å².